The van der Waals surface area contributed by atoms with Gasteiger partial charge in [-0.25, -0.2) is 4.98 Å². The van der Waals surface area contributed by atoms with Crippen molar-refractivity contribution in [3.8, 4) is 0 Å². The fourth-order valence-electron chi connectivity index (χ4n) is 1.29. The Morgan fingerprint density at radius 3 is 2.81 bits per heavy atom. The van der Waals surface area contributed by atoms with Crippen LogP contribution in [0.15, 0.2) is 11.6 Å². The number of nitrogens with zero attached hydrogens (tertiary/aromatic N) is 1. The number of thiazole rings is 1. The average Bonchev–Trinajstić information content (AvgIpc) is 2.77. The van der Waals surface area contributed by atoms with E-state index in [1.165, 1.54) is 0 Å². The topological polar surface area (TPSA) is 43.4 Å². The molecule has 4 nitrogen and oxygen atoms in total. The lowest BCUT2D eigenvalue weighted by atomic mass is 10.1. The van der Waals surface area contributed by atoms with Gasteiger partial charge in [-0.15, -0.1) is 11.3 Å². The van der Waals surface area contributed by atoms with E-state index >= 15 is 0 Å². The molecule has 1 N–H and O–H groups in total. The maximum atomic E-state index is 5.38. The molecule has 0 spiro atoms. The van der Waals surface area contributed by atoms with E-state index in [0.29, 0.717) is 19.8 Å². The van der Waals surface area contributed by atoms with Crippen molar-refractivity contribution in [1.82, 2.24) is 10.3 Å². The third-order valence-corrected chi connectivity index (χ3v) is 3.31. The Morgan fingerprint density at radius 1 is 1.38 bits per heavy atom. The molecular weight excluding hydrogens is 224 g/mol. The Balaban J connectivity index is 2.17. The smallest absolute Gasteiger partial charge is 0.112 e. The Bertz CT molecular complexity index is 276. The van der Waals surface area contributed by atoms with Crippen LogP contribution in [0.5, 0.6) is 0 Å². The van der Waals surface area contributed by atoms with Crippen LogP contribution < -0.4 is 5.32 Å². The van der Waals surface area contributed by atoms with Crippen molar-refractivity contribution in [3.05, 3.63) is 16.6 Å². The van der Waals surface area contributed by atoms with Crippen molar-refractivity contribution in [1.29, 1.82) is 0 Å². The quantitative estimate of drug-likeness (QED) is 0.706. The maximum Gasteiger partial charge on any atom is 0.112 e. The summed E-state index contributed by atoms with van der Waals surface area (Å²) in [5.74, 6) is 0. The van der Waals surface area contributed by atoms with Crippen LogP contribution in [0.4, 0.5) is 0 Å². The predicted octanol–water partition coefficient (Wildman–Crippen LogP) is 1.63. The van der Waals surface area contributed by atoms with Crippen molar-refractivity contribution in [2.75, 3.05) is 33.5 Å². The highest BCUT2D eigenvalue weighted by Gasteiger charge is 2.21. The lowest BCUT2D eigenvalue weighted by Crippen LogP contribution is -2.38. The summed E-state index contributed by atoms with van der Waals surface area (Å²) >= 11 is 1.67. The Kier molecular flexibility index (Phi) is 5.90. The predicted molar refractivity (Wildman–Crippen MR) is 65.8 cm³/mol. The molecule has 1 heterocycles. The molecule has 1 aromatic heterocycles. The molecule has 1 rings (SSSR count). The van der Waals surface area contributed by atoms with E-state index < -0.39 is 0 Å². The third-order valence-electron chi connectivity index (χ3n) is 2.21. The van der Waals surface area contributed by atoms with Gasteiger partial charge < -0.3 is 14.8 Å². The summed E-state index contributed by atoms with van der Waals surface area (Å²) in [4.78, 5) is 4.31. The van der Waals surface area contributed by atoms with E-state index in [-0.39, 0.29) is 5.54 Å². The van der Waals surface area contributed by atoms with E-state index in [2.05, 4.69) is 24.1 Å². The molecule has 0 fully saturated rings. The summed E-state index contributed by atoms with van der Waals surface area (Å²) in [7, 11) is 1.67. The van der Waals surface area contributed by atoms with Crippen LogP contribution in [0.3, 0.4) is 0 Å². The summed E-state index contributed by atoms with van der Waals surface area (Å²) in [6.45, 7) is 7.06. The van der Waals surface area contributed by atoms with Gasteiger partial charge in [-0.2, -0.15) is 0 Å². The van der Waals surface area contributed by atoms with Crippen molar-refractivity contribution in [3.63, 3.8) is 0 Å². The molecule has 0 saturated heterocycles. The van der Waals surface area contributed by atoms with Gasteiger partial charge in [-0.1, -0.05) is 0 Å². The number of hydrogen-bond donors (Lipinski definition) is 1. The standard InChI is InChI=1S/C11H20N2O2S/c1-11(2,10-12-5-9-16-10)13-4-6-15-8-7-14-3/h5,9,13H,4,6-8H2,1-3H3. The van der Waals surface area contributed by atoms with Gasteiger partial charge in [0.2, 0.25) is 0 Å². The zero-order chi connectivity index (χ0) is 11.9. The zero-order valence-corrected chi connectivity index (χ0v) is 11.0. The Labute approximate surface area is 101 Å². The maximum absolute atomic E-state index is 5.38. The van der Waals surface area contributed by atoms with Gasteiger partial charge in [-0.05, 0) is 13.8 Å². The van der Waals surface area contributed by atoms with Crippen LogP contribution in [0.1, 0.15) is 18.9 Å². The number of hydrogen-bond acceptors (Lipinski definition) is 5. The molecule has 92 valence electrons. The summed E-state index contributed by atoms with van der Waals surface area (Å²) in [5, 5.41) is 6.52. The fraction of sp³-hybridized carbons (Fsp3) is 0.727. The summed E-state index contributed by atoms with van der Waals surface area (Å²) in [6.07, 6.45) is 1.83. The van der Waals surface area contributed by atoms with Gasteiger partial charge >= 0.3 is 0 Å². The Morgan fingerprint density at radius 2 is 2.19 bits per heavy atom. The zero-order valence-electron chi connectivity index (χ0n) is 10.2. The minimum atomic E-state index is -0.0845. The monoisotopic (exact) mass is 244 g/mol. The minimum absolute atomic E-state index is 0.0845. The SMILES string of the molecule is COCCOCCNC(C)(C)c1nccs1. The van der Waals surface area contributed by atoms with Gasteiger partial charge in [-0.3, -0.25) is 0 Å². The number of nitrogens with one attached hydrogen (secondary N) is 1. The highest BCUT2D eigenvalue weighted by Crippen LogP contribution is 2.21. The molecule has 0 aliphatic heterocycles. The second kappa shape index (κ2) is 6.96. The Hall–Kier alpha value is -0.490. The van der Waals surface area contributed by atoms with Crippen LogP contribution in [0.2, 0.25) is 0 Å². The van der Waals surface area contributed by atoms with Crippen LogP contribution >= 0.6 is 11.3 Å². The van der Waals surface area contributed by atoms with Crippen molar-refractivity contribution >= 4 is 11.3 Å². The molecule has 0 aliphatic rings. The molecule has 0 aliphatic carbocycles. The van der Waals surface area contributed by atoms with E-state index in [4.69, 9.17) is 9.47 Å². The third kappa shape index (κ3) is 4.57. The summed E-state index contributed by atoms with van der Waals surface area (Å²) in [6, 6.07) is 0. The molecule has 0 radical (unpaired) electrons. The largest absolute Gasteiger partial charge is 0.382 e. The number of ether oxygens (including phenoxy) is 2. The van der Waals surface area contributed by atoms with Crippen LogP contribution in [0, 0.1) is 0 Å². The van der Waals surface area contributed by atoms with E-state index in [9.17, 15) is 0 Å². The molecule has 1 aromatic rings. The highest BCUT2D eigenvalue weighted by atomic mass is 32.1. The number of aromatic nitrogens is 1. The number of methoxy groups -OCH3 is 1. The van der Waals surface area contributed by atoms with E-state index in [1.54, 1.807) is 18.4 Å². The lowest BCUT2D eigenvalue weighted by Gasteiger charge is -2.23. The molecule has 0 aromatic carbocycles. The molecule has 0 bridgehead atoms. The van der Waals surface area contributed by atoms with Crippen molar-refractivity contribution in [2.24, 2.45) is 0 Å². The highest BCUT2D eigenvalue weighted by molar-refractivity contribution is 7.09. The van der Waals surface area contributed by atoms with Crippen LogP contribution in [-0.2, 0) is 15.0 Å². The van der Waals surface area contributed by atoms with Gasteiger partial charge in [0.05, 0.1) is 25.4 Å². The van der Waals surface area contributed by atoms with Crippen LogP contribution in [-0.4, -0.2) is 38.5 Å². The number of rotatable bonds is 8. The molecular formula is C11H20N2O2S. The van der Waals surface area contributed by atoms with Gasteiger partial charge in [0, 0.05) is 25.2 Å². The molecule has 16 heavy (non-hydrogen) atoms. The molecule has 5 heteroatoms. The second-order valence-electron chi connectivity index (χ2n) is 3.99. The van der Waals surface area contributed by atoms with Gasteiger partial charge in [0.1, 0.15) is 5.01 Å². The first-order valence-corrected chi connectivity index (χ1v) is 6.26. The van der Waals surface area contributed by atoms with Gasteiger partial charge in [0.15, 0.2) is 0 Å². The molecule has 0 saturated carbocycles. The summed E-state index contributed by atoms with van der Waals surface area (Å²) in [5.41, 5.74) is -0.0845. The molecule has 0 atom stereocenters. The first kappa shape index (κ1) is 13.6. The summed E-state index contributed by atoms with van der Waals surface area (Å²) < 4.78 is 10.3. The van der Waals surface area contributed by atoms with Crippen LogP contribution in [0.25, 0.3) is 0 Å². The first-order chi connectivity index (χ1) is 7.67. The van der Waals surface area contributed by atoms with E-state index in [0.717, 1.165) is 11.6 Å². The lowest BCUT2D eigenvalue weighted by molar-refractivity contribution is 0.0695. The second-order valence-corrected chi connectivity index (χ2v) is 4.89. The normalized spacial score (nSPS) is 11.9. The van der Waals surface area contributed by atoms with Crippen molar-refractivity contribution in [2.45, 2.75) is 19.4 Å². The van der Waals surface area contributed by atoms with E-state index in [1.807, 2.05) is 11.6 Å². The molecule has 0 amide bonds. The fourth-order valence-corrected chi connectivity index (χ4v) is 2.03. The minimum Gasteiger partial charge on any atom is -0.382 e. The first-order valence-electron chi connectivity index (χ1n) is 5.38. The van der Waals surface area contributed by atoms with Crippen molar-refractivity contribution < 1.29 is 9.47 Å². The average molecular weight is 244 g/mol. The van der Waals surface area contributed by atoms with Gasteiger partial charge in [0.25, 0.3) is 0 Å². The molecule has 0 unspecified atom stereocenters.